The summed E-state index contributed by atoms with van der Waals surface area (Å²) in [6, 6.07) is 4.55. The Bertz CT molecular complexity index is 728. The van der Waals surface area contributed by atoms with Gasteiger partial charge in [-0.3, -0.25) is 4.79 Å². The van der Waals surface area contributed by atoms with Gasteiger partial charge in [-0.05, 0) is 31.2 Å². The monoisotopic (exact) mass is 307 g/mol. The van der Waals surface area contributed by atoms with E-state index in [1.54, 1.807) is 12.1 Å². The van der Waals surface area contributed by atoms with Gasteiger partial charge in [0.1, 0.15) is 11.5 Å². The number of carbonyl (C=O) groups is 1. The van der Waals surface area contributed by atoms with Crippen molar-refractivity contribution in [1.82, 2.24) is 15.2 Å². The zero-order valence-corrected chi connectivity index (χ0v) is 12.1. The van der Waals surface area contributed by atoms with E-state index in [0.717, 1.165) is 32.6 Å². The molecule has 110 valence electrons. The lowest BCUT2D eigenvalue weighted by Crippen LogP contribution is -2.59. The van der Waals surface area contributed by atoms with Crippen LogP contribution in [-0.4, -0.2) is 42.0 Å². The van der Waals surface area contributed by atoms with E-state index in [-0.39, 0.29) is 16.3 Å². The predicted octanol–water partition coefficient (Wildman–Crippen LogP) is 2.40. The van der Waals surface area contributed by atoms with Crippen molar-refractivity contribution in [1.29, 1.82) is 0 Å². The Kier molecular flexibility index (Phi) is 2.78. The maximum Gasteiger partial charge on any atom is 0.270 e. The Balaban J connectivity index is 1.59. The number of carbonyl (C=O) groups excluding carboxylic acids is 1. The highest BCUT2D eigenvalue weighted by Crippen LogP contribution is 2.37. The largest absolute Gasteiger partial charge is 0.350 e. The fourth-order valence-electron chi connectivity index (χ4n) is 3.40. The third kappa shape index (κ3) is 1.95. The number of fused-ring (bicyclic) bond motifs is 1. The molecule has 2 aliphatic heterocycles. The number of nitrogens with one attached hydrogen (secondary N) is 2. The van der Waals surface area contributed by atoms with Crippen LogP contribution in [0.3, 0.4) is 0 Å². The van der Waals surface area contributed by atoms with Gasteiger partial charge in [0.25, 0.3) is 5.91 Å². The van der Waals surface area contributed by atoms with Gasteiger partial charge < -0.3 is 15.2 Å². The van der Waals surface area contributed by atoms with Crippen LogP contribution in [0.15, 0.2) is 18.2 Å². The van der Waals surface area contributed by atoms with E-state index in [9.17, 15) is 9.18 Å². The Morgan fingerprint density at radius 2 is 2.19 bits per heavy atom. The Labute approximate surface area is 126 Å². The lowest BCUT2D eigenvalue weighted by Gasteiger charge is -2.47. The van der Waals surface area contributed by atoms with Gasteiger partial charge in [-0.2, -0.15) is 0 Å². The Hall–Kier alpha value is -1.59. The fraction of sp³-hybridized carbons (Fsp3) is 0.400. The fourth-order valence-corrected chi connectivity index (χ4v) is 3.62. The highest BCUT2D eigenvalue weighted by Gasteiger charge is 2.47. The second-order valence-corrected chi connectivity index (χ2v) is 6.47. The van der Waals surface area contributed by atoms with E-state index >= 15 is 0 Å². The zero-order valence-electron chi connectivity index (χ0n) is 11.4. The van der Waals surface area contributed by atoms with Crippen molar-refractivity contribution in [2.45, 2.75) is 6.42 Å². The summed E-state index contributed by atoms with van der Waals surface area (Å²) >= 11 is 5.94. The summed E-state index contributed by atoms with van der Waals surface area (Å²) in [4.78, 5) is 17.3. The summed E-state index contributed by atoms with van der Waals surface area (Å²) in [6.45, 7) is 3.59. The molecular weight excluding hydrogens is 293 g/mol. The maximum absolute atomic E-state index is 13.4. The van der Waals surface area contributed by atoms with Crippen LogP contribution in [0.5, 0.6) is 0 Å². The first-order chi connectivity index (χ1) is 10.1. The second-order valence-electron chi connectivity index (χ2n) is 6.09. The van der Waals surface area contributed by atoms with E-state index in [2.05, 4.69) is 10.3 Å². The number of aromatic amines is 1. The summed E-state index contributed by atoms with van der Waals surface area (Å²) in [5.74, 6) is -0.512. The Morgan fingerprint density at radius 1 is 1.38 bits per heavy atom. The number of rotatable bonds is 1. The Morgan fingerprint density at radius 3 is 2.90 bits per heavy atom. The molecule has 21 heavy (non-hydrogen) atoms. The summed E-state index contributed by atoms with van der Waals surface area (Å²) in [5.41, 5.74) is 1.42. The molecule has 3 heterocycles. The van der Waals surface area contributed by atoms with Crippen LogP contribution in [0.1, 0.15) is 16.9 Å². The number of aromatic nitrogens is 1. The highest BCUT2D eigenvalue weighted by atomic mass is 35.5. The number of nitrogens with zero attached hydrogens (tertiary/aromatic N) is 1. The average molecular weight is 308 g/mol. The standard InChI is InChI=1S/C15H15ClFN3O/c16-13-9-5-12(19-11(9)2-1-10(13)17)14(21)20-7-15(8-20)3-4-18-6-15/h1-2,5,18-19H,3-4,6-8H2. The average Bonchev–Trinajstić information content (AvgIpc) is 3.07. The predicted molar refractivity (Wildman–Crippen MR) is 79.1 cm³/mol. The molecule has 4 nitrogen and oxygen atoms in total. The van der Waals surface area contributed by atoms with Crippen LogP contribution in [0.25, 0.3) is 10.9 Å². The normalized spacial score (nSPS) is 20.2. The van der Waals surface area contributed by atoms with Crippen LogP contribution in [0.2, 0.25) is 5.02 Å². The first-order valence-electron chi connectivity index (χ1n) is 7.05. The third-order valence-electron chi connectivity index (χ3n) is 4.59. The quantitative estimate of drug-likeness (QED) is 0.850. The molecule has 1 aromatic heterocycles. The first-order valence-corrected chi connectivity index (χ1v) is 7.43. The van der Waals surface area contributed by atoms with E-state index in [1.165, 1.54) is 6.07 Å². The molecule has 1 aromatic carbocycles. The lowest BCUT2D eigenvalue weighted by molar-refractivity contribution is 0.0155. The zero-order chi connectivity index (χ0) is 14.6. The number of H-pyrrole nitrogens is 1. The lowest BCUT2D eigenvalue weighted by atomic mass is 9.79. The molecule has 0 radical (unpaired) electrons. The molecule has 2 N–H and O–H groups in total. The molecule has 2 fully saturated rings. The first kappa shape index (κ1) is 13.1. The van der Waals surface area contributed by atoms with E-state index < -0.39 is 5.82 Å². The van der Waals surface area contributed by atoms with Gasteiger partial charge >= 0.3 is 0 Å². The highest BCUT2D eigenvalue weighted by molar-refractivity contribution is 6.35. The van der Waals surface area contributed by atoms with Gasteiger partial charge in [-0.1, -0.05) is 11.6 Å². The molecule has 4 rings (SSSR count). The summed E-state index contributed by atoms with van der Waals surface area (Å²) in [7, 11) is 0. The number of hydrogen-bond donors (Lipinski definition) is 2. The van der Waals surface area contributed by atoms with Crippen LogP contribution >= 0.6 is 11.6 Å². The maximum atomic E-state index is 13.4. The molecular formula is C15H15ClFN3O. The van der Waals surface area contributed by atoms with E-state index in [0.29, 0.717) is 16.6 Å². The van der Waals surface area contributed by atoms with Crippen molar-refractivity contribution in [3.05, 3.63) is 34.7 Å². The van der Waals surface area contributed by atoms with E-state index in [4.69, 9.17) is 11.6 Å². The molecule has 0 saturated carbocycles. The second kappa shape index (κ2) is 4.45. The van der Waals surface area contributed by atoms with Gasteiger partial charge in [0.15, 0.2) is 0 Å². The molecule has 1 spiro atoms. The molecule has 0 aliphatic carbocycles. The SMILES string of the molecule is O=C(c1cc2c(Cl)c(F)ccc2[nH]1)N1CC2(CCNC2)C1. The van der Waals surface area contributed by atoms with E-state index in [1.807, 2.05) is 4.90 Å². The summed E-state index contributed by atoms with van der Waals surface area (Å²) in [5, 5.41) is 3.96. The number of benzene rings is 1. The van der Waals surface area contributed by atoms with Gasteiger partial charge in [0, 0.05) is 36.0 Å². The van der Waals surface area contributed by atoms with Gasteiger partial charge in [-0.15, -0.1) is 0 Å². The van der Waals surface area contributed by atoms with Crippen LogP contribution in [0.4, 0.5) is 4.39 Å². The number of amides is 1. The van der Waals surface area contributed by atoms with Crippen molar-refractivity contribution >= 4 is 28.4 Å². The summed E-state index contributed by atoms with van der Waals surface area (Å²) < 4.78 is 13.4. The van der Waals surface area contributed by atoms with Crippen molar-refractivity contribution in [3.63, 3.8) is 0 Å². The van der Waals surface area contributed by atoms with Crippen molar-refractivity contribution in [2.24, 2.45) is 5.41 Å². The molecule has 2 aliphatic rings. The molecule has 6 heteroatoms. The third-order valence-corrected chi connectivity index (χ3v) is 4.98. The van der Waals surface area contributed by atoms with Gasteiger partial charge in [-0.25, -0.2) is 4.39 Å². The molecule has 2 aromatic rings. The molecule has 1 amide bonds. The van der Waals surface area contributed by atoms with Crippen molar-refractivity contribution < 1.29 is 9.18 Å². The minimum absolute atomic E-state index is 0.0415. The van der Waals surface area contributed by atoms with Gasteiger partial charge in [0.2, 0.25) is 0 Å². The van der Waals surface area contributed by atoms with Crippen LogP contribution in [0, 0.1) is 11.2 Å². The summed E-state index contributed by atoms with van der Waals surface area (Å²) in [6.07, 6.45) is 1.13. The minimum atomic E-state index is -0.470. The van der Waals surface area contributed by atoms with Crippen LogP contribution in [-0.2, 0) is 0 Å². The number of halogens is 2. The molecule has 2 saturated heterocycles. The number of likely N-dealkylation sites (tertiary alicyclic amines) is 1. The van der Waals surface area contributed by atoms with Crippen LogP contribution < -0.4 is 5.32 Å². The van der Waals surface area contributed by atoms with Crippen molar-refractivity contribution in [3.8, 4) is 0 Å². The molecule has 0 atom stereocenters. The topological polar surface area (TPSA) is 48.1 Å². The number of hydrogen-bond acceptors (Lipinski definition) is 2. The molecule has 0 unspecified atom stereocenters. The van der Waals surface area contributed by atoms with Crippen molar-refractivity contribution in [2.75, 3.05) is 26.2 Å². The smallest absolute Gasteiger partial charge is 0.270 e. The van der Waals surface area contributed by atoms with Gasteiger partial charge in [0.05, 0.1) is 5.02 Å². The molecule has 0 bridgehead atoms. The minimum Gasteiger partial charge on any atom is -0.350 e.